The third kappa shape index (κ3) is 4.37. The van der Waals surface area contributed by atoms with E-state index in [0.29, 0.717) is 11.4 Å². The fourth-order valence-corrected chi connectivity index (χ4v) is 2.30. The number of ether oxygens (including phenoxy) is 1. The number of hydrogen-bond acceptors (Lipinski definition) is 4. The van der Waals surface area contributed by atoms with Crippen molar-refractivity contribution in [3.05, 3.63) is 75.2 Å². The predicted octanol–water partition coefficient (Wildman–Crippen LogP) is 4.16. The van der Waals surface area contributed by atoms with Gasteiger partial charge in [0.1, 0.15) is 18.7 Å². The van der Waals surface area contributed by atoms with Crippen LogP contribution in [0.2, 0.25) is 0 Å². The molecule has 0 fully saturated rings. The third-order valence-electron chi connectivity index (χ3n) is 3.04. The zero-order chi connectivity index (χ0) is 16.1. The van der Waals surface area contributed by atoms with Gasteiger partial charge >= 0.3 is 0 Å². The molecule has 0 unspecified atom stereocenters. The highest BCUT2D eigenvalue weighted by Gasteiger charge is 1.98. The van der Waals surface area contributed by atoms with E-state index in [9.17, 15) is 0 Å². The molecule has 5 nitrogen and oxygen atoms in total. The van der Waals surface area contributed by atoms with Crippen molar-refractivity contribution in [2.24, 2.45) is 5.10 Å². The van der Waals surface area contributed by atoms with Crippen molar-refractivity contribution < 1.29 is 4.74 Å². The molecule has 0 saturated carbocycles. The zero-order valence-electron chi connectivity index (χ0n) is 12.0. The highest BCUT2D eigenvalue weighted by atomic mass is 79.9. The van der Waals surface area contributed by atoms with Crippen LogP contribution in [0, 0.1) is 4.77 Å². The van der Waals surface area contributed by atoms with Gasteiger partial charge in [0, 0.05) is 4.47 Å². The van der Waals surface area contributed by atoms with E-state index < -0.39 is 0 Å². The Kier molecular flexibility index (Phi) is 4.99. The second-order valence-electron chi connectivity index (χ2n) is 4.74. The summed E-state index contributed by atoms with van der Waals surface area (Å²) in [6, 6.07) is 15.7. The van der Waals surface area contributed by atoms with E-state index in [2.05, 4.69) is 31.2 Å². The molecule has 0 spiro atoms. The second kappa shape index (κ2) is 7.34. The Labute approximate surface area is 146 Å². The largest absolute Gasteiger partial charge is 0.489 e. The molecule has 7 heteroatoms. The van der Waals surface area contributed by atoms with Crippen molar-refractivity contribution in [2.45, 2.75) is 6.61 Å². The third-order valence-corrected chi connectivity index (χ3v) is 3.85. The monoisotopic (exact) mass is 388 g/mol. The summed E-state index contributed by atoms with van der Waals surface area (Å²) >= 11 is 8.45. The maximum atomic E-state index is 5.81. The molecule has 0 radical (unpaired) electrons. The number of rotatable bonds is 5. The molecule has 0 aliphatic heterocycles. The number of nitrogens with zero attached hydrogens (tertiary/aromatic N) is 3. The first-order valence-electron chi connectivity index (χ1n) is 6.84. The molecular formula is C16H13BrN4OS. The van der Waals surface area contributed by atoms with Crippen LogP contribution in [0.5, 0.6) is 5.75 Å². The van der Waals surface area contributed by atoms with Crippen LogP contribution < -0.4 is 4.74 Å². The molecule has 2 aromatic carbocycles. The lowest BCUT2D eigenvalue weighted by molar-refractivity contribution is 0.306. The number of halogens is 1. The quantitative estimate of drug-likeness (QED) is 0.527. The van der Waals surface area contributed by atoms with Crippen molar-refractivity contribution in [1.82, 2.24) is 14.9 Å². The first-order valence-corrected chi connectivity index (χ1v) is 8.04. The van der Waals surface area contributed by atoms with Crippen LogP contribution in [0.1, 0.15) is 11.1 Å². The van der Waals surface area contributed by atoms with Crippen LogP contribution in [-0.4, -0.2) is 21.1 Å². The molecule has 1 heterocycles. The van der Waals surface area contributed by atoms with Gasteiger partial charge < -0.3 is 4.74 Å². The van der Waals surface area contributed by atoms with E-state index in [0.717, 1.165) is 21.3 Å². The molecule has 0 saturated heterocycles. The number of aromatic amines is 1. The van der Waals surface area contributed by atoms with Crippen LogP contribution in [0.25, 0.3) is 0 Å². The Morgan fingerprint density at radius 2 is 2.09 bits per heavy atom. The van der Waals surface area contributed by atoms with Crippen LogP contribution in [-0.2, 0) is 6.61 Å². The lowest BCUT2D eigenvalue weighted by Gasteiger charge is -2.07. The minimum absolute atomic E-state index is 0.448. The van der Waals surface area contributed by atoms with Crippen LogP contribution in [0.15, 0.2) is 64.4 Å². The Morgan fingerprint density at radius 1 is 1.26 bits per heavy atom. The number of H-pyrrole nitrogens is 1. The predicted molar refractivity (Wildman–Crippen MR) is 95.3 cm³/mol. The highest BCUT2D eigenvalue weighted by molar-refractivity contribution is 9.10. The number of benzene rings is 2. The summed E-state index contributed by atoms with van der Waals surface area (Å²) < 4.78 is 8.80. The van der Waals surface area contributed by atoms with Gasteiger partial charge in [0.25, 0.3) is 0 Å². The fourth-order valence-electron chi connectivity index (χ4n) is 1.89. The summed E-state index contributed by atoms with van der Waals surface area (Å²) in [6.45, 7) is 0.515. The molecule has 0 aliphatic carbocycles. The van der Waals surface area contributed by atoms with E-state index in [4.69, 9.17) is 17.0 Å². The van der Waals surface area contributed by atoms with Gasteiger partial charge in [-0.15, -0.1) is 0 Å². The van der Waals surface area contributed by atoms with E-state index in [1.807, 2.05) is 48.5 Å². The molecule has 0 aliphatic rings. The van der Waals surface area contributed by atoms with Gasteiger partial charge in [-0.3, -0.25) is 5.10 Å². The number of nitrogens with one attached hydrogen (secondary N) is 1. The second-order valence-corrected chi connectivity index (χ2v) is 6.04. The van der Waals surface area contributed by atoms with Crippen molar-refractivity contribution >= 4 is 34.4 Å². The molecule has 0 amide bonds. The summed E-state index contributed by atoms with van der Waals surface area (Å²) in [4.78, 5) is 0. The minimum atomic E-state index is 0.448. The average molecular weight is 389 g/mol. The first kappa shape index (κ1) is 15.6. The molecule has 1 N–H and O–H groups in total. The van der Waals surface area contributed by atoms with Gasteiger partial charge in [-0.2, -0.15) is 14.9 Å². The maximum absolute atomic E-state index is 5.81. The molecular weight excluding hydrogens is 376 g/mol. The fraction of sp³-hybridized carbons (Fsp3) is 0.0625. The standard InChI is InChI=1S/C16H13BrN4OS/c17-14-6-4-12(5-7-14)10-22-15-3-1-2-13(8-15)9-19-21-11-18-20-16(21)23/h1-9,11H,10H2,(H,20,23)/b19-9-. The number of hydrogen-bond donors (Lipinski definition) is 1. The smallest absolute Gasteiger partial charge is 0.216 e. The summed E-state index contributed by atoms with van der Waals surface area (Å²) in [6.07, 6.45) is 3.23. The zero-order valence-corrected chi connectivity index (χ0v) is 14.4. The normalized spacial score (nSPS) is 11.0. The lowest BCUT2D eigenvalue weighted by atomic mass is 10.2. The van der Waals surface area contributed by atoms with E-state index >= 15 is 0 Å². The van der Waals surface area contributed by atoms with Crippen molar-refractivity contribution in [3.8, 4) is 5.75 Å². The van der Waals surface area contributed by atoms with Crippen LogP contribution >= 0.6 is 28.1 Å². The van der Waals surface area contributed by atoms with Gasteiger partial charge in [-0.25, -0.2) is 0 Å². The summed E-state index contributed by atoms with van der Waals surface area (Å²) in [5.74, 6) is 0.785. The van der Waals surface area contributed by atoms with E-state index in [-0.39, 0.29) is 0 Å². The summed E-state index contributed by atoms with van der Waals surface area (Å²) in [5.41, 5.74) is 2.03. The summed E-state index contributed by atoms with van der Waals surface area (Å²) in [7, 11) is 0. The van der Waals surface area contributed by atoms with Gasteiger partial charge in [0.05, 0.1) is 6.21 Å². The Bertz CT molecular complexity index is 870. The Hall–Kier alpha value is -2.25. The van der Waals surface area contributed by atoms with Gasteiger partial charge in [-0.05, 0) is 47.6 Å². The molecule has 3 rings (SSSR count). The average Bonchev–Trinajstić information content (AvgIpc) is 2.98. The lowest BCUT2D eigenvalue weighted by Crippen LogP contribution is -1.96. The van der Waals surface area contributed by atoms with Crippen molar-refractivity contribution in [3.63, 3.8) is 0 Å². The topological polar surface area (TPSA) is 55.2 Å². The van der Waals surface area contributed by atoms with Gasteiger partial charge in [-0.1, -0.05) is 40.2 Å². The Balaban J connectivity index is 1.67. The van der Waals surface area contributed by atoms with E-state index in [1.54, 1.807) is 6.21 Å². The van der Waals surface area contributed by atoms with Crippen LogP contribution in [0.3, 0.4) is 0 Å². The molecule has 3 aromatic rings. The van der Waals surface area contributed by atoms with Crippen LogP contribution in [0.4, 0.5) is 0 Å². The SMILES string of the molecule is S=c1[nH]ncn1/N=C\c1cccc(OCc2ccc(Br)cc2)c1. The molecule has 116 valence electrons. The van der Waals surface area contributed by atoms with Gasteiger partial charge in [0.2, 0.25) is 4.77 Å². The highest BCUT2D eigenvalue weighted by Crippen LogP contribution is 2.16. The van der Waals surface area contributed by atoms with Gasteiger partial charge in [0.15, 0.2) is 0 Å². The number of aromatic nitrogens is 3. The maximum Gasteiger partial charge on any atom is 0.216 e. The first-order chi connectivity index (χ1) is 11.2. The van der Waals surface area contributed by atoms with E-state index in [1.165, 1.54) is 11.0 Å². The molecule has 0 bridgehead atoms. The van der Waals surface area contributed by atoms with Crippen molar-refractivity contribution in [2.75, 3.05) is 0 Å². The summed E-state index contributed by atoms with van der Waals surface area (Å²) in [5, 5.41) is 10.7. The molecule has 0 atom stereocenters. The molecule has 1 aromatic heterocycles. The minimum Gasteiger partial charge on any atom is -0.489 e. The van der Waals surface area contributed by atoms with Crippen molar-refractivity contribution in [1.29, 1.82) is 0 Å². The Morgan fingerprint density at radius 3 is 2.83 bits per heavy atom. The molecule has 23 heavy (non-hydrogen) atoms.